The summed E-state index contributed by atoms with van der Waals surface area (Å²) in [5.41, 5.74) is 23.6. The van der Waals surface area contributed by atoms with Gasteiger partial charge < -0.3 is 43.1 Å². The topological polar surface area (TPSA) is 116 Å². The fraction of sp³-hybridized carbons (Fsp3) is 0.230. The molecule has 112 heavy (non-hydrogen) atoms. The van der Waals surface area contributed by atoms with Gasteiger partial charge in [0.25, 0.3) is 0 Å². The summed E-state index contributed by atoms with van der Waals surface area (Å²) in [6, 6.07) is 99.6. The van der Waals surface area contributed by atoms with Crippen LogP contribution in [-0.2, 0) is 43.7 Å². The van der Waals surface area contributed by atoms with E-state index in [-0.39, 0.29) is 24.0 Å². The lowest BCUT2D eigenvalue weighted by Gasteiger charge is -2.39. The maximum Gasteiger partial charge on any atom is 0.513 e. The molecule has 1 aliphatic rings. The number of carbonyl (C=O) groups excluding carboxylic acids is 3. The number of esters is 2. The van der Waals surface area contributed by atoms with Crippen LogP contribution in [0.3, 0.4) is 0 Å². The Balaban J connectivity index is 0.000000233. The molecule has 0 N–H and O–H groups in total. The highest BCUT2D eigenvalue weighted by molar-refractivity contribution is 5.82. The smallest absolute Gasteiger partial charge is 0.497 e. The number of anilines is 9. The second-order valence-electron chi connectivity index (χ2n) is 28.9. The van der Waals surface area contributed by atoms with Crippen molar-refractivity contribution in [2.75, 3.05) is 42.1 Å². The molecule has 1 aliphatic carbocycles. The number of benzene rings is 12. The lowest BCUT2D eigenvalue weighted by Crippen LogP contribution is -2.31. The Kier molecular flexibility index (Phi) is 27.4. The zero-order valence-corrected chi connectivity index (χ0v) is 65.7. The van der Waals surface area contributed by atoms with Gasteiger partial charge in [-0.15, -0.1) is 0 Å². The SMILES string of the molecule is COc1ccc(C2(c3ccc(OC(C)=O)c(CCc4ccc(N(c5cccc(C)c5)c5cccc(C)c5)cc4)c3)CCCCC2)cc1Cc1ccc(N(c2ccc(C)cc2)c2cccc(C)c2)cc1.COc1cccc(N(c2ccc(C=Cc3ccccc3)cc2)c2cccc(OC(=O)OCCCCCCOC(C)=O)c2)c1. The largest absolute Gasteiger partial charge is 0.513 e. The molecule has 0 aliphatic heterocycles. The number of carbonyl (C=O) groups is 3. The number of nitrogens with zero attached hydrogens (tertiary/aromatic N) is 3. The van der Waals surface area contributed by atoms with Crippen LogP contribution in [0.15, 0.2) is 285 Å². The zero-order chi connectivity index (χ0) is 78.2. The molecule has 1 fully saturated rings. The summed E-state index contributed by atoms with van der Waals surface area (Å²) in [5, 5.41) is 0. The van der Waals surface area contributed by atoms with Crippen molar-refractivity contribution in [1.29, 1.82) is 0 Å². The molecule has 0 atom stereocenters. The van der Waals surface area contributed by atoms with Gasteiger partial charge in [-0.1, -0.05) is 189 Å². The highest BCUT2D eigenvalue weighted by Crippen LogP contribution is 2.48. The van der Waals surface area contributed by atoms with Gasteiger partial charge in [-0.05, 0) is 262 Å². The Morgan fingerprint density at radius 1 is 0.357 bits per heavy atom. The van der Waals surface area contributed by atoms with Gasteiger partial charge >= 0.3 is 18.1 Å². The van der Waals surface area contributed by atoms with E-state index in [1.54, 1.807) is 26.4 Å². The first-order chi connectivity index (χ1) is 54.6. The number of hydrogen-bond acceptors (Lipinski definition) is 12. The monoisotopic (exact) mass is 1490 g/mol. The Morgan fingerprint density at radius 2 is 0.812 bits per heavy atom. The van der Waals surface area contributed by atoms with E-state index in [1.807, 2.05) is 60.7 Å². The van der Waals surface area contributed by atoms with Crippen LogP contribution in [0.5, 0.6) is 23.0 Å². The van der Waals surface area contributed by atoms with Crippen LogP contribution >= 0.6 is 0 Å². The van der Waals surface area contributed by atoms with E-state index in [0.717, 1.165) is 144 Å². The van der Waals surface area contributed by atoms with E-state index >= 15 is 0 Å². The van der Waals surface area contributed by atoms with E-state index in [1.165, 1.54) is 70.3 Å². The molecule has 12 nitrogen and oxygen atoms in total. The standard InChI is InChI=1S/C64H64N2O3.C36H37NO6/c1-45-19-29-56(30-20-45)65(59-16-10-13-46(2)39-59)57-33-24-51(25-34-57)42-53-44-55(27-35-62(53)68-6)64(37-8-7-9-38-64)54-28-36-63(69-49(5)67)52(43-54)26-21-50-22-31-58(32-23-50)66(60-17-11-14-47(3)40-60)61-18-12-15-48(4)41-61;1-28(38)41-24-8-3-4-9-25-42-36(39)43-35-17-11-15-33(27-35)37(32-14-10-16-34(26-32)40-2)31-22-20-30(21-23-31)19-18-29-12-6-5-7-13-29/h10-20,22-25,27-36,39-41,43-44H,7-9,21,26,37-38,42H2,1-6H3;5-7,10-23,26-27H,3-4,8-9,24-25H2,1-2H3. The van der Waals surface area contributed by atoms with Gasteiger partial charge in [-0.2, -0.15) is 0 Å². The Hall–Kier alpha value is -12.4. The summed E-state index contributed by atoms with van der Waals surface area (Å²) in [5.74, 6) is 2.06. The molecule has 0 spiro atoms. The van der Waals surface area contributed by atoms with Gasteiger partial charge in [-0.3, -0.25) is 9.59 Å². The van der Waals surface area contributed by atoms with Crippen molar-refractivity contribution in [2.24, 2.45) is 0 Å². The molecule has 1 saturated carbocycles. The first kappa shape index (κ1) is 79.1. The number of rotatable bonds is 29. The second kappa shape index (κ2) is 38.8. The van der Waals surface area contributed by atoms with E-state index in [0.29, 0.717) is 24.5 Å². The van der Waals surface area contributed by atoms with Crippen LogP contribution < -0.4 is 33.6 Å². The Morgan fingerprint density at radius 3 is 1.33 bits per heavy atom. The molecule has 570 valence electrons. The summed E-state index contributed by atoms with van der Waals surface area (Å²) in [7, 11) is 3.41. The summed E-state index contributed by atoms with van der Waals surface area (Å²) < 4.78 is 33.2. The minimum atomic E-state index is -0.750. The predicted molar refractivity (Wildman–Crippen MR) is 456 cm³/mol. The zero-order valence-electron chi connectivity index (χ0n) is 65.7. The summed E-state index contributed by atoms with van der Waals surface area (Å²) in [4.78, 5) is 42.4. The highest BCUT2D eigenvalue weighted by Gasteiger charge is 2.37. The van der Waals surface area contributed by atoms with E-state index in [4.69, 9.17) is 28.4 Å². The van der Waals surface area contributed by atoms with Gasteiger partial charge in [0.1, 0.15) is 23.0 Å². The van der Waals surface area contributed by atoms with Crippen molar-refractivity contribution in [3.05, 3.63) is 352 Å². The van der Waals surface area contributed by atoms with Crippen LogP contribution in [0, 0.1) is 27.7 Å². The fourth-order valence-corrected chi connectivity index (χ4v) is 14.8. The van der Waals surface area contributed by atoms with Crippen molar-refractivity contribution < 1.29 is 42.8 Å². The molecule has 12 aromatic rings. The predicted octanol–water partition coefficient (Wildman–Crippen LogP) is 25.4. The molecule has 0 radical (unpaired) electrons. The first-order valence-corrected chi connectivity index (χ1v) is 39.0. The Bertz CT molecular complexity index is 5080. The van der Waals surface area contributed by atoms with E-state index < -0.39 is 6.16 Å². The third kappa shape index (κ3) is 21.3. The third-order valence-electron chi connectivity index (χ3n) is 20.5. The fourth-order valence-electron chi connectivity index (χ4n) is 14.8. The second-order valence-corrected chi connectivity index (χ2v) is 28.9. The van der Waals surface area contributed by atoms with Crippen molar-refractivity contribution in [1.82, 2.24) is 0 Å². The van der Waals surface area contributed by atoms with Gasteiger partial charge in [0.15, 0.2) is 0 Å². The molecule has 0 bridgehead atoms. The Labute approximate surface area is 661 Å². The van der Waals surface area contributed by atoms with Crippen LogP contribution in [-0.4, -0.2) is 45.5 Å². The van der Waals surface area contributed by atoms with Crippen LogP contribution in [0.25, 0.3) is 12.2 Å². The number of aryl methyl sites for hydroxylation is 6. The van der Waals surface area contributed by atoms with Crippen LogP contribution in [0.1, 0.15) is 138 Å². The van der Waals surface area contributed by atoms with Gasteiger partial charge in [0, 0.05) is 89.0 Å². The molecule has 0 heterocycles. The van der Waals surface area contributed by atoms with Crippen molar-refractivity contribution in [3.8, 4) is 23.0 Å². The number of hydrogen-bond donors (Lipinski definition) is 0. The summed E-state index contributed by atoms with van der Waals surface area (Å²) in [6.07, 6.45) is 14.6. The van der Waals surface area contributed by atoms with Crippen molar-refractivity contribution in [2.45, 2.75) is 124 Å². The molecule has 0 saturated heterocycles. The highest BCUT2D eigenvalue weighted by atomic mass is 16.7. The minimum Gasteiger partial charge on any atom is -0.497 e. The maximum atomic E-state index is 12.5. The van der Waals surface area contributed by atoms with Gasteiger partial charge in [-0.25, -0.2) is 4.79 Å². The molecule has 0 aromatic heterocycles. The molecule has 0 unspecified atom stereocenters. The van der Waals surface area contributed by atoms with Gasteiger partial charge in [0.2, 0.25) is 0 Å². The molecule has 12 heteroatoms. The minimum absolute atomic E-state index is 0.189. The lowest BCUT2D eigenvalue weighted by molar-refractivity contribution is -0.141. The summed E-state index contributed by atoms with van der Waals surface area (Å²) >= 11 is 0. The maximum absolute atomic E-state index is 12.5. The number of unbranched alkanes of at least 4 members (excludes halogenated alkanes) is 3. The molecular weight excluding hydrogens is 1390 g/mol. The van der Waals surface area contributed by atoms with E-state index in [9.17, 15) is 14.4 Å². The number of ether oxygens (including phenoxy) is 6. The summed E-state index contributed by atoms with van der Waals surface area (Å²) in [6.45, 7) is 12.1. The van der Waals surface area contributed by atoms with Crippen molar-refractivity contribution in [3.63, 3.8) is 0 Å². The number of methoxy groups -OCH3 is 2. The normalized spacial score (nSPS) is 12.2. The van der Waals surface area contributed by atoms with E-state index in [2.05, 4.69) is 267 Å². The third-order valence-corrected chi connectivity index (χ3v) is 20.5. The van der Waals surface area contributed by atoms with Crippen LogP contribution in [0.2, 0.25) is 0 Å². The molecule has 12 aromatic carbocycles. The van der Waals surface area contributed by atoms with Gasteiger partial charge in [0.05, 0.1) is 27.4 Å². The quantitative estimate of drug-likeness (QED) is 0.0146. The average Bonchev–Trinajstić information content (AvgIpc) is 0.763. The van der Waals surface area contributed by atoms with Crippen molar-refractivity contribution >= 4 is 81.4 Å². The first-order valence-electron chi connectivity index (χ1n) is 39.0. The molecule has 13 rings (SSSR count). The molecule has 0 amide bonds. The van der Waals surface area contributed by atoms with Crippen LogP contribution in [0.4, 0.5) is 56.0 Å². The lowest BCUT2D eigenvalue weighted by atomic mass is 9.64. The average molecular weight is 1490 g/mol. The molecular formula is C100H101N3O9.